The second kappa shape index (κ2) is 7.58. The predicted molar refractivity (Wildman–Crippen MR) is 102 cm³/mol. The van der Waals surface area contributed by atoms with E-state index in [0.717, 1.165) is 14.4 Å². The minimum Gasteiger partial charge on any atom is -0.497 e. The number of anilines is 1. The first kappa shape index (κ1) is 17.9. The summed E-state index contributed by atoms with van der Waals surface area (Å²) < 4.78 is 6.26. The Morgan fingerprint density at radius 2 is 2.20 bits per heavy atom. The van der Waals surface area contributed by atoms with E-state index in [1.54, 1.807) is 35.3 Å². The summed E-state index contributed by atoms with van der Waals surface area (Å²) in [7, 11) is 3.38. The molecule has 1 unspecified atom stereocenters. The van der Waals surface area contributed by atoms with Gasteiger partial charge in [0.25, 0.3) is 0 Å². The maximum absolute atomic E-state index is 12.7. The van der Waals surface area contributed by atoms with Crippen molar-refractivity contribution in [3.05, 3.63) is 45.1 Å². The number of amides is 2. The molecule has 7 heteroatoms. The van der Waals surface area contributed by atoms with Gasteiger partial charge in [-0.15, -0.1) is 11.3 Å². The zero-order valence-corrected chi connectivity index (χ0v) is 16.5. The van der Waals surface area contributed by atoms with Crippen LogP contribution < -0.4 is 9.64 Å². The summed E-state index contributed by atoms with van der Waals surface area (Å²) in [4.78, 5) is 29.6. The van der Waals surface area contributed by atoms with E-state index < -0.39 is 0 Å². The van der Waals surface area contributed by atoms with Gasteiger partial charge in [0.1, 0.15) is 5.75 Å². The van der Waals surface area contributed by atoms with Gasteiger partial charge in [0.15, 0.2) is 0 Å². The average Bonchev–Trinajstić information content (AvgIpc) is 3.19. The Kier molecular flexibility index (Phi) is 5.44. The molecule has 1 aliphatic heterocycles. The fraction of sp³-hybridized carbons (Fsp3) is 0.333. The lowest BCUT2D eigenvalue weighted by Gasteiger charge is -2.21. The van der Waals surface area contributed by atoms with Gasteiger partial charge in [-0.25, -0.2) is 0 Å². The average molecular weight is 423 g/mol. The Morgan fingerprint density at radius 1 is 1.40 bits per heavy atom. The van der Waals surface area contributed by atoms with Gasteiger partial charge in [0.05, 0.1) is 23.4 Å². The van der Waals surface area contributed by atoms with Crippen LogP contribution >= 0.6 is 27.3 Å². The molecule has 2 amide bonds. The van der Waals surface area contributed by atoms with Gasteiger partial charge >= 0.3 is 0 Å². The summed E-state index contributed by atoms with van der Waals surface area (Å²) in [6.07, 6.45) is 0.245. The monoisotopic (exact) mass is 422 g/mol. The van der Waals surface area contributed by atoms with Crippen molar-refractivity contribution in [3.63, 3.8) is 0 Å². The third-order valence-electron chi connectivity index (χ3n) is 4.24. The maximum Gasteiger partial charge on any atom is 0.228 e. The molecule has 2 aromatic rings. The van der Waals surface area contributed by atoms with Crippen LogP contribution in [0.2, 0.25) is 0 Å². The number of ether oxygens (including phenoxy) is 1. The first-order valence-electron chi connectivity index (χ1n) is 7.91. The predicted octanol–water partition coefficient (Wildman–Crippen LogP) is 3.53. The van der Waals surface area contributed by atoms with Crippen molar-refractivity contribution in [2.75, 3.05) is 25.6 Å². The number of carbonyl (C=O) groups excluding carboxylic acids is 2. The van der Waals surface area contributed by atoms with Crippen molar-refractivity contribution in [2.45, 2.75) is 13.0 Å². The lowest BCUT2D eigenvalue weighted by Crippen LogP contribution is -2.34. The van der Waals surface area contributed by atoms with E-state index in [-0.39, 0.29) is 24.2 Å². The number of halogens is 1. The topological polar surface area (TPSA) is 49.9 Å². The lowest BCUT2D eigenvalue weighted by molar-refractivity contribution is -0.135. The molecule has 132 valence electrons. The highest BCUT2D eigenvalue weighted by atomic mass is 79.9. The standard InChI is InChI=1S/C18H19BrN2O3S/c1-20(11-15-6-7-16(19)25-15)18(23)12-8-17(22)21(10-12)13-4-3-5-14(9-13)24-2/h3-7,9,12H,8,10-11H2,1-2H3. The minimum absolute atomic E-state index is 0.00303. The van der Waals surface area contributed by atoms with Crippen molar-refractivity contribution in [1.82, 2.24) is 4.90 Å². The van der Waals surface area contributed by atoms with Gasteiger partial charge in [-0.2, -0.15) is 0 Å². The van der Waals surface area contributed by atoms with Crippen molar-refractivity contribution in [2.24, 2.45) is 5.92 Å². The molecule has 0 bridgehead atoms. The van der Waals surface area contributed by atoms with Gasteiger partial charge < -0.3 is 14.5 Å². The molecule has 0 radical (unpaired) electrons. The molecule has 0 saturated carbocycles. The number of hydrogen-bond donors (Lipinski definition) is 0. The van der Waals surface area contributed by atoms with Crippen LogP contribution in [0.5, 0.6) is 5.75 Å². The van der Waals surface area contributed by atoms with Crippen LogP contribution in [-0.2, 0) is 16.1 Å². The maximum atomic E-state index is 12.7. The lowest BCUT2D eigenvalue weighted by atomic mass is 10.1. The summed E-state index contributed by atoms with van der Waals surface area (Å²) >= 11 is 5.04. The number of methoxy groups -OCH3 is 1. The smallest absolute Gasteiger partial charge is 0.228 e. The van der Waals surface area contributed by atoms with Gasteiger partial charge in [0.2, 0.25) is 11.8 Å². The number of nitrogens with zero attached hydrogens (tertiary/aromatic N) is 2. The molecule has 0 aliphatic carbocycles. The Morgan fingerprint density at radius 3 is 2.88 bits per heavy atom. The summed E-state index contributed by atoms with van der Waals surface area (Å²) in [6.45, 7) is 0.961. The largest absolute Gasteiger partial charge is 0.497 e. The fourth-order valence-electron chi connectivity index (χ4n) is 2.96. The van der Waals surface area contributed by atoms with Crippen molar-refractivity contribution in [3.8, 4) is 5.75 Å². The number of rotatable bonds is 5. The van der Waals surface area contributed by atoms with Crippen molar-refractivity contribution < 1.29 is 14.3 Å². The number of benzene rings is 1. The zero-order valence-electron chi connectivity index (χ0n) is 14.1. The third kappa shape index (κ3) is 4.04. The molecule has 2 heterocycles. The minimum atomic E-state index is -0.313. The molecule has 5 nitrogen and oxygen atoms in total. The molecule has 1 aliphatic rings. The van der Waals surface area contributed by atoms with E-state index in [4.69, 9.17) is 4.74 Å². The number of thiophene rings is 1. The van der Waals surface area contributed by atoms with Crippen LogP contribution in [0.15, 0.2) is 40.2 Å². The molecule has 3 rings (SSSR count). The Labute approximate surface area is 159 Å². The van der Waals surface area contributed by atoms with Crippen molar-refractivity contribution in [1.29, 1.82) is 0 Å². The molecular weight excluding hydrogens is 404 g/mol. The fourth-order valence-corrected chi connectivity index (χ4v) is 4.50. The second-order valence-electron chi connectivity index (χ2n) is 6.01. The van der Waals surface area contributed by atoms with E-state index in [0.29, 0.717) is 18.8 Å². The van der Waals surface area contributed by atoms with E-state index in [9.17, 15) is 9.59 Å². The Balaban J connectivity index is 1.67. The van der Waals surface area contributed by atoms with Crippen LogP contribution in [-0.4, -0.2) is 37.4 Å². The quantitative estimate of drug-likeness (QED) is 0.740. The van der Waals surface area contributed by atoms with E-state index >= 15 is 0 Å². The van der Waals surface area contributed by atoms with Gasteiger partial charge in [0, 0.05) is 36.6 Å². The summed E-state index contributed by atoms with van der Waals surface area (Å²) in [6, 6.07) is 11.3. The van der Waals surface area contributed by atoms with Gasteiger partial charge in [-0.3, -0.25) is 9.59 Å². The first-order chi connectivity index (χ1) is 12.0. The van der Waals surface area contributed by atoms with E-state index in [1.807, 2.05) is 36.4 Å². The third-order valence-corrected chi connectivity index (χ3v) is 5.85. The highest BCUT2D eigenvalue weighted by Crippen LogP contribution is 2.29. The molecular formula is C18H19BrN2O3S. The SMILES string of the molecule is COc1cccc(N2CC(C(=O)N(C)Cc3ccc(Br)s3)CC2=O)c1. The zero-order chi connectivity index (χ0) is 18.0. The number of carbonyl (C=O) groups is 2. The van der Waals surface area contributed by atoms with E-state index in [1.165, 1.54) is 0 Å². The highest BCUT2D eigenvalue weighted by molar-refractivity contribution is 9.11. The molecule has 25 heavy (non-hydrogen) atoms. The summed E-state index contributed by atoms with van der Waals surface area (Å²) in [5.74, 6) is 0.356. The molecule has 0 N–H and O–H groups in total. The Bertz CT molecular complexity index is 792. The van der Waals surface area contributed by atoms with Crippen LogP contribution in [0.3, 0.4) is 0 Å². The van der Waals surface area contributed by atoms with Crippen LogP contribution in [0.4, 0.5) is 5.69 Å². The van der Waals surface area contributed by atoms with Crippen molar-refractivity contribution >= 4 is 44.8 Å². The first-order valence-corrected chi connectivity index (χ1v) is 9.52. The van der Waals surface area contributed by atoms with Crippen LogP contribution in [0, 0.1) is 5.92 Å². The molecule has 1 atom stereocenters. The van der Waals surface area contributed by atoms with Crippen LogP contribution in [0.25, 0.3) is 0 Å². The van der Waals surface area contributed by atoms with Gasteiger partial charge in [-0.05, 0) is 40.2 Å². The number of hydrogen-bond acceptors (Lipinski definition) is 4. The Hall–Kier alpha value is -1.86. The molecule has 1 fully saturated rings. The van der Waals surface area contributed by atoms with E-state index in [2.05, 4.69) is 15.9 Å². The molecule has 1 aromatic carbocycles. The van der Waals surface area contributed by atoms with Crippen LogP contribution in [0.1, 0.15) is 11.3 Å². The highest BCUT2D eigenvalue weighted by Gasteiger charge is 2.36. The van der Waals surface area contributed by atoms with Gasteiger partial charge in [-0.1, -0.05) is 6.07 Å². The summed E-state index contributed by atoms with van der Waals surface area (Å²) in [5.41, 5.74) is 0.768. The second-order valence-corrected chi connectivity index (χ2v) is 8.55. The molecule has 1 saturated heterocycles. The summed E-state index contributed by atoms with van der Waals surface area (Å²) in [5, 5.41) is 0. The molecule has 1 aromatic heterocycles. The molecule has 0 spiro atoms. The normalized spacial score (nSPS) is 17.0.